The summed E-state index contributed by atoms with van der Waals surface area (Å²) in [6.45, 7) is 3.94. The second-order valence-electron chi connectivity index (χ2n) is 5.18. The van der Waals surface area contributed by atoms with Gasteiger partial charge in [0, 0.05) is 11.6 Å². The van der Waals surface area contributed by atoms with E-state index in [9.17, 15) is 9.18 Å². The second-order valence-corrected chi connectivity index (χ2v) is 5.62. The molecule has 0 spiro atoms. The Morgan fingerprint density at radius 1 is 1.52 bits per heavy atom. The van der Waals surface area contributed by atoms with Crippen LogP contribution in [0, 0.1) is 5.82 Å². The van der Waals surface area contributed by atoms with Gasteiger partial charge in [-0.3, -0.25) is 4.79 Å². The molecule has 1 aliphatic rings. The molecule has 2 rings (SSSR count). The summed E-state index contributed by atoms with van der Waals surface area (Å²) < 4.78 is 18.8. The highest BCUT2D eigenvalue weighted by molar-refractivity contribution is 6.30. The maximum Gasteiger partial charge on any atom is 0.263 e. The van der Waals surface area contributed by atoms with Gasteiger partial charge in [0.15, 0.2) is 18.2 Å². The van der Waals surface area contributed by atoms with E-state index in [4.69, 9.17) is 16.3 Å². The van der Waals surface area contributed by atoms with Crippen LogP contribution in [0.5, 0.6) is 5.75 Å². The van der Waals surface area contributed by atoms with E-state index in [2.05, 4.69) is 15.6 Å². The van der Waals surface area contributed by atoms with Gasteiger partial charge in [0.1, 0.15) is 5.84 Å². The van der Waals surface area contributed by atoms with Crippen molar-refractivity contribution >= 4 is 23.3 Å². The topological polar surface area (TPSA) is 62.7 Å². The van der Waals surface area contributed by atoms with Crippen LogP contribution in [0.1, 0.15) is 13.8 Å². The molecule has 5 nitrogen and oxygen atoms in total. The fourth-order valence-electron chi connectivity index (χ4n) is 2.12. The Bertz CT molecular complexity index is 770. The molecule has 0 fully saturated rings. The van der Waals surface area contributed by atoms with Crippen LogP contribution in [0.2, 0.25) is 5.02 Å². The zero-order chi connectivity index (χ0) is 18.2. The van der Waals surface area contributed by atoms with Gasteiger partial charge in [0.25, 0.3) is 5.91 Å². The predicted molar refractivity (Wildman–Crippen MR) is 97.1 cm³/mol. The summed E-state index contributed by atoms with van der Waals surface area (Å²) in [4.78, 5) is 16.3. The molecule has 0 unspecified atom stereocenters. The van der Waals surface area contributed by atoms with Crippen LogP contribution in [0.15, 0.2) is 58.9 Å². The Kier molecular flexibility index (Phi) is 6.77. The Hall–Kier alpha value is -2.60. The fraction of sp³-hybridized carbons (Fsp3) is 0.222. The normalized spacial score (nSPS) is 14.6. The van der Waals surface area contributed by atoms with Crippen LogP contribution >= 0.6 is 11.6 Å². The van der Waals surface area contributed by atoms with E-state index >= 15 is 0 Å². The molecule has 1 amide bonds. The zero-order valence-corrected chi connectivity index (χ0v) is 14.7. The molecule has 132 valence electrons. The molecule has 0 bridgehead atoms. The molecule has 0 saturated carbocycles. The minimum atomic E-state index is -0.619. The van der Waals surface area contributed by atoms with Gasteiger partial charge in [-0.2, -0.15) is 0 Å². The summed E-state index contributed by atoms with van der Waals surface area (Å²) in [6, 6.07) is 3.99. The third kappa shape index (κ3) is 5.76. The van der Waals surface area contributed by atoms with Gasteiger partial charge in [-0.25, -0.2) is 9.38 Å². The molecular formula is C18H19ClFN3O2. The SMILES string of the molecule is C/C=C(\N=C(C)NC(=O)COc1ccc(Cl)cc1F)C1=CCNC=C1. The highest BCUT2D eigenvalue weighted by Gasteiger charge is 2.09. The first-order chi connectivity index (χ1) is 12.0. The van der Waals surface area contributed by atoms with Gasteiger partial charge < -0.3 is 15.4 Å². The first-order valence-corrected chi connectivity index (χ1v) is 8.07. The molecule has 1 aliphatic heterocycles. The first kappa shape index (κ1) is 18.7. The lowest BCUT2D eigenvalue weighted by atomic mass is 10.1. The van der Waals surface area contributed by atoms with E-state index in [1.54, 1.807) is 6.92 Å². The molecule has 0 atom stereocenters. The number of nitrogens with one attached hydrogen (secondary N) is 2. The molecule has 1 heterocycles. The van der Waals surface area contributed by atoms with Crippen LogP contribution < -0.4 is 15.4 Å². The molecule has 0 saturated heterocycles. The Morgan fingerprint density at radius 2 is 2.32 bits per heavy atom. The van der Waals surface area contributed by atoms with Gasteiger partial charge >= 0.3 is 0 Å². The van der Waals surface area contributed by atoms with Gasteiger partial charge in [0.2, 0.25) is 0 Å². The lowest BCUT2D eigenvalue weighted by molar-refractivity contribution is -0.121. The number of dihydropyridines is 1. The predicted octanol–water partition coefficient (Wildman–Crippen LogP) is 3.34. The summed E-state index contributed by atoms with van der Waals surface area (Å²) in [5.41, 5.74) is 1.72. The highest BCUT2D eigenvalue weighted by atomic mass is 35.5. The number of hydrogen-bond acceptors (Lipinski definition) is 4. The first-order valence-electron chi connectivity index (χ1n) is 7.69. The maximum absolute atomic E-state index is 13.6. The van der Waals surface area contributed by atoms with E-state index < -0.39 is 11.7 Å². The molecule has 1 aromatic carbocycles. The summed E-state index contributed by atoms with van der Waals surface area (Å²) in [5.74, 6) is -0.660. The number of amidine groups is 1. The smallest absolute Gasteiger partial charge is 0.263 e. The Morgan fingerprint density at radius 3 is 2.96 bits per heavy atom. The highest BCUT2D eigenvalue weighted by Crippen LogP contribution is 2.20. The molecule has 1 aromatic rings. The van der Waals surface area contributed by atoms with Crippen molar-refractivity contribution < 1.29 is 13.9 Å². The van der Waals surface area contributed by atoms with Gasteiger partial charge in [-0.1, -0.05) is 23.8 Å². The monoisotopic (exact) mass is 363 g/mol. The molecular weight excluding hydrogens is 345 g/mol. The van der Waals surface area contributed by atoms with Gasteiger partial charge in [0.05, 0.1) is 5.70 Å². The summed E-state index contributed by atoms with van der Waals surface area (Å²) in [5, 5.41) is 5.94. The molecule has 2 N–H and O–H groups in total. The van der Waals surface area contributed by atoms with Crippen molar-refractivity contribution in [3.63, 3.8) is 0 Å². The number of amides is 1. The van der Waals surface area contributed by atoms with E-state index in [1.807, 2.05) is 31.4 Å². The van der Waals surface area contributed by atoms with E-state index in [0.717, 1.165) is 23.9 Å². The minimum Gasteiger partial charge on any atom is -0.481 e. The van der Waals surface area contributed by atoms with Crippen LogP contribution in [-0.4, -0.2) is 24.9 Å². The van der Waals surface area contributed by atoms with Crippen molar-refractivity contribution in [1.82, 2.24) is 10.6 Å². The number of halogens is 2. The van der Waals surface area contributed by atoms with Crippen molar-refractivity contribution in [2.75, 3.05) is 13.2 Å². The van der Waals surface area contributed by atoms with E-state index in [0.29, 0.717) is 5.84 Å². The second kappa shape index (κ2) is 9.03. The van der Waals surface area contributed by atoms with Crippen molar-refractivity contribution in [2.24, 2.45) is 4.99 Å². The molecule has 0 radical (unpaired) electrons. The Balaban J connectivity index is 1.92. The molecule has 0 aromatic heterocycles. The lowest BCUT2D eigenvalue weighted by Gasteiger charge is -2.11. The summed E-state index contributed by atoms with van der Waals surface area (Å²) >= 11 is 5.67. The average molecular weight is 364 g/mol. The van der Waals surface area contributed by atoms with Crippen molar-refractivity contribution in [1.29, 1.82) is 0 Å². The number of rotatable bonds is 5. The Labute approximate surface area is 150 Å². The van der Waals surface area contributed by atoms with Crippen molar-refractivity contribution in [3.8, 4) is 5.75 Å². The standard InChI is InChI=1S/C18H19ClFN3O2/c1-3-16(13-6-8-21-9-7-13)22-12(2)23-18(24)11-25-17-5-4-14(19)10-15(17)20/h3-8,10,21H,9,11H2,1-2H3,(H,22,23,24)/b16-3-. The lowest BCUT2D eigenvalue weighted by Crippen LogP contribution is -2.33. The van der Waals surface area contributed by atoms with Crippen molar-refractivity contribution in [2.45, 2.75) is 13.8 Å². The number of aliphatic imine (C=N–C) groups is 1. The zero-order valence-electron chi connectivity index (χ0n) is 14.0. The number of allylic oxidation sites excluding steroid dienone is 2. The quantitative estimate of drug-likeness (QED) is 0.623. The number of benzene rings is 1. The average Bonchev–Trinajstić information content (AvgIpc) is 2.59. The van der Waals surface area contributed by atoms with Gasteiger partial charge in [-0.15, -0.1) is 0 Å². The maximum atomic E-state index is 13.6. The van der Waals surface area contributed by atoms with Crippen LogP contribution in [0.3, 0.4) is 0 Å². The van der Waals surface area contributed by atoms with E-state index in [1.165, 1.54) is 12.1 Å². The van der Waals surface area contributed by atoms with Crippen LogP contribution in [-0.2, 0) is 4.79 Å². The van der Waals surface area contributed by atoms with E-state index in [-0.39, 0.29) is 17.4 Å². The molecule has 7 heteroatoms. The van der Waals surface area contributed by atoms with Crippen LogP contribution in [0.25, 0.3) is 0 Å². The largest absolute Gasteiger partial charge is 0.481 e. The fourth-order valence-corrected chi connectivity index (χ4v) is 2.28. The summed E-state index contributed by atoms with van der Waals surface area (Å²) in [6.07, 6.45) is 7.61. The number of nitrogens with zero attached hydrogens (tertiary/aromatic N) is 1. The number of carbonyl (C=O) groups is 1. The molecule has 25 heavy (non-hydrogen) atoms. The van der Waals surface area contributed by atoms with Crippen molar-refractivity contribution in [3.05, 3.63) is 64.7 Å². The van der Waals surface area contributed by atoms with Crippen LogP contribution in [0.4, 0.5) is 4.39 Å². The molecule has 0 aliphatic carbocycles. The summed E-state index contributed by atoms with van der Waals surface area (Å²) in [7, 11) is 0. The number of hydrogen-bond donors (Lipinski definition) is 2. The number of ether oxygens (including phenoxy) is 1. The third-order valence-corrected chi connectivity index (χ3v) is 3.49. The van der Waals surface area contributed by atoms with Gasteiger partial charge in [-0.05, 0) is 49.9 Å². The number of carbonyl (C=O) groups excluding carboxylic acids is 1. The third-order valence-electron chi connectivity index (χ3n) is 3.25. The minimum absolute atomic E-state index is 0.0340.